The number of hydrogen-bond donors (Lipinski definition) is 0. The van der Waals surface area contributed by atoms with E-state index in [1.54, 1.807) is 0 Å². The predicted molar refractivity (Wildman–Crippen MR) is 120 cm³/mol. The first-order valence-corrected chi connectivity index (χ1v) is 13.7. The highest BCUT2D eigenvalue weighted by molar-refractivity contribution is 9.10. The van der Waals surface area contributed by atoms with Crippen molar-refractivity contribution in [2.24, 2.45) is 4.99 Å². The Morgan fingerprint density at radius 2 is 2.00 bits per heavy atom. The van der Waals surface area contributed by atoms with Crippen molar-refractivity contribution < 1.29 is 0 Å². The lowest BCUT2D eigenvalue weighted by atomic mass is 10.1. The molecule has 0 saturated heterocycles. The molecule has 1 aliphatic heterocycles. The Labute approximate surface area is 171 Å². The first-order valence-electron chi connectivity index (χ1n) is 8.63. The Bertz CT molecular complexity index is 1000. The zero-order chi connectivity index (χ0) is 19.1. The molecule has 0 N–H and O–H groups in total. The molecule has 142 valence electrons. The van der Waals surface area contributed by atoms with E-state index < -0.39 is 6.89 Å². The van der Waals surface area contributed by atoms with Gasteiger partial charge in [0.05, 0.1) is 5.69 Å². The van der Waals surface area contributed by atoms with Crippen molar-refractivity contribution in [3.63, 3.8) is 0 Å². The van der Waals surface area contributed by atoms with E-state index in [4.69, 9.17) is 16.6 Å². The maximum Gasteiger partial charge on any atom is 0.325 e. The number of alkyl halides is 1. The summed E-state index contributed by atoms with van der Waals surface area (Å²) in [7, 11) is 0. The van der Waals surface area contributed by atoms with Crippen LogP contribution in [0.25, 0.3) is 0 Å². The van der Waals surface area contributed by atoms with E-state index in [0.717, 1.165) is 59.0 Å². The van der Waals surface area contributed by atoms with E-state index >= 15 is 0 Å². The van der Waals surface area contributed by atoms with Gasteiger partial charge in [-0.1, -0.05) is 27.5 Å². The Morgan fingerprint density at radius 1 is 1.35 bits per heavy atom. The molecule has 1 aromatic heterocycles. The molecule has 8 heteroatoms. The maximum absolute atomic E-state index is 12.2. The maximum atomic E-state index is 12.2. The lowest BCUT2D eigenvalue weighted by molar-refractivity contribution is 0.345. The number of aromatic nitrogens is 2. The minimum Gasteiger partial charge on any atom is -0.256 e. The van der Waals surface area contributed by atoms with Gasteiger partial charge >= 0.3 is 4.87 Å². The van der Waals surface area contributed by atoms with E-state index in [1.807, 2.05) is 22.4 Å². The molecular weight excluding hydrogens is 453 g/mol. The number of hydrogen-bond acceptors (Lipinski definition) is 3. The minimum absolute atomic E-state index is 0.0689. The molecule has 1 atom stereocenters. The molecule has 0 fully saturated rings. The third kappa shape index (κ3) is 4.30. The van der Waals surface area contributed by atoms with Crippen LogP contribution in [0.5, 0.6) is 0 Å². The highest BCUT2D eigenvalue weighted by Gasteiger charge is 2.17. The van der Waals surface area contributed by atoms with Crippen molar-refractivity contribution >= 4 is 57.7 Å². The SMILES string of the molecule is C=P(C)(C)C(Br)Cc1cc(N=c2sc(=O)n3n2CCCC3)c(C)cc1Cl. The third-order valence-electron chi connectivity index (χ3n) is 4.62. The molecule has 1 aromatic carbocycles. The van der Waals surface area contributed by atoms with Crippen LogP contribution >= 0.6 is 45.8 Å². The van der Waals surface area contributed by atoms with Crippen LogP contribution in [0.2, 0.25) is 5.02 Å². The number of rotatable bonds is 4. The van der Waals surface area contributed by atoms with E-state index in [9.17, 15) is 4.79 Å². The van der Waals surface area contributed by atoms with Gasteiger partial charge in [0.25, 0.3) is 0 Å². The van der Waals surface area contributed by atoms with Gasteiger partial charge in [-0.25, -0.2) is 9.67 Å². The minimum atomic E-state index is -1.27. The molecule has 2 heterocycles. The van der Waals surface area contributed by atoms with Gasteiger partial charge in [-0.2, -0.15) is 0 Å². The first kappa shape index (κ1) is 20.2. The molecule has 1 unspecified atom stereocenters. The van der Waals surface area contributed by atoms with Crippen LogP contribution in [0.3, 0.4) is 0 Å². The molecule has 0 saturated carbocycles. The van der Waals surface area contributed by atoms with Gasteiger partial charge in [0.15, 0.2) is 0 Å². The Kier molecular flexibility index (Phi) is 6.08. The summed E-state index contributed by atoms with van der Waals surface area (Å²) in [6.45, 7) is 6.79. The average molecular weight is 477 g/mol. The van der Waals surface area contributed by atoms with Crippen LogP contribution in [-0.4, -0.2) is 33.6 Å². The van der Waals surface area contributed by atoms with Gasteiger partial charge in [-0.15, -0.1) is 13.2 Å². The van der Waals surface area contributed by atoms with Crippen LogP contribution in [0.4, 0.5) is 5.69 Å². The van der Waals surface area contributed by atoms with Gasteiger partial charge in [0.2, 0.25) is 4.80 Å². The molecule has 1 aliphatic rings. The predicted octanol–water partition coefficient (Wildman–Crippen LogP) is 4.67. The van der Waals surface area contributed by atoms with E-state index in [2.05, 4.69) is 41.6 Å². The quantitative estimate of drug-likeness (QED) is 0.467. The molecule has 0 bridgehead atoms. The fourth-order valence-electron chi connectivity index (χ4n) is 2.93. The lowest BCUT2D eigenvalue weighted by Gasteiger charge is -2.21. The lowest BCUT2D eigenvalue weighted by Crippen LogP contribution is -2.31. The van der Waals surface area contributed by atoms with Crippen molar-refractivity contribution in [2.75, 3.05) is 13.3 Å². The zero-order valence-corrected chi connectivity index (χ0v) is 19.4. The van der Waals surface area contributed by atoms with Crippen LogP contribution in [0.1, 0.15) is 24.0 Å². The van der Waals surface area contributed by atoms with E-state index in [1.165, 1.54) is 11.3 Å². The summed E-state index contributed by atoms with van der Waals surface area (Å²) >= 11 is 11.5. The fraction of sp³-hybridized carbons (Fsp3) is 0.500. The summed E-state index contributed by atoms with van der Waals surface area (Å²) < 4.78 is 4.14. The second kappa shape index (κ2) is 7.83. The van der Waals surface area contributed by atoms with Crippen molar-refractivity contribution in [1.29, 1.82) is 0 Å². The topological polar surface area (TPSA) is 39.3 Å². The third-order valence-corrected chi connectivity index (χ3v) is 11.2. The van der Waals surface area contributed by atoms with Gasteiger partial charge < -0.3 is 0 Å². The Hall–Kier alpha value is -0.550. The van der Waals surface area contributed by atoms with Gasteiger partial charge in [-0.05, 0) is 74.1 Å². The molecular formula is C18H24BrClN3OPS. The highest BCUT2D eigenvalue weighted by atomic mass is 79.9. The summed E-state index contributed by atoms with van der Waals surface area (Å²) in [5.74, 6) is 0. The van der Waals surface area contributed by atoms with Crippen LogP contribution in [0.15, 0.2) is 21.9 Å². The molecule has 3 rings (SSSR count). The standard InChI is InChI=1S/C18H24BrClN3OPS/c1-12-9-14(20)13(11-16(19)25(2,3)4)10-15(12)21-17-22-7-5-6-8-23(22)18(24)26-17/h9-10,16H,2,5-8,11H2,1,3-4H3. The van der Waals surface area contributed by atoms with Gasteiger partial charge in [-0.3, -0.25) is 9.48 Å². The molecule has 0 amide bonds. The van der Waals surface area contributed by atoms with Gasteiger partial charge in [0.1, 0.15) is 0 Å². The summed E-state index contributed by atoms with van der Waals surface area (Å²) in [5.41, 5.74) is 2.97. The molecule has 0 aliphatic carbocycles. The monoisotopic (exact) mass is 475 g/mol. The van der Waals surface area contributed by atoms with Crippen molar-refractivity contribution in [3.8, 4) is 0 Å². The zero-order valence-electron chi connectivity index (χ0n) is 15.3. The molecule has 4 nitrogen and oxygen atoms in total. The molecule has 0 spiro atoms. The van der Waals surface area contributed by atoms with Crippen molar-refractivity contribution in [3.05, 3.63) is 42.8 Å². The smallest absolute Gasteiger partial charge is 0.256 e. The first-order chi connectivity index (χ1) is 12.2. The van der Waals surface area contributed by atoms with Crippen molar-refractivity contribution in [2.45, 2.75) is 43.8 Å². The Morgan fingerprint density at radius 3 is 2.65 bits per heavy atom. The number of aryl methyl sites for hydroxylation is 1. The van der Waals surface area contributed by atoms with E-state index in [0.29, 0.717) is 4.57 Å². The normalized spacial score (nSPS) is 16.6. The van der Waals surface area contributed by atoms with Crippen LogP contribution < -0.4 is 9.67 Å². The van der Waals surface area contributed by atoms with Gasteiger partial charge in [0, 0.05) is 22.7 Å². The second-order valence-electron chi connectivity index (χ2n) is 7.36. The number of fused-ring (bicyclic) bond motifs is 1. The summed E-state index contributed by atoms with van der Waals surface area (Å²) in [4.78, 5) is 17.9. The molecule has 2 aromatic rings. The molecule has 0 radical (unpaired) electrons. The van der Waals surface area contributed by atoms with Crippen LogP contribution in [0, 0.1) is 6.92 Å². The summed E-state index contributed by atoms with van der Waals surface area (Å²) in [6, 6.07) is 4.03. The number of halogens is 2. The fourth-order valence-corrected chi connectivity index (χ4v) is 5.16. The Balaban J connectivity index is 2.05. The second-order valence-corrected chi connectivity index (χ2v) is 14.7. The van der Waals surface area contributed by atoms with E-state index in [-0.39, 0.29) is 4.87 Å². The molecule has 26 heavy (non-hydrogen) atoms. The number of benzene rings is 1. The summed E-state index contributed by atoms with van der Waals surface area (Å²) in [6.07, 6.45) is 7.27. The largest absolute Gasteiger partial charge is 0.325 e. The van der Waals surface area contributed by atoms with Crippen LogP contribution in [-0.2, 0) is 19.5 Å². The van der Waals surface area contributed by atoms with Crippen molar-refractivity contribution in [1.82, 2.24) is 9.36 Å². The highest BCUT2D eigenvalue weighted by Crippen LogP contribution is 2.47. The average Bonchev–Trinajstić information content (AvgIpc) is 2.87. The number of nitrogens with zero attached hydrogens (tertiary/aromatic N) is 3. The summed E-state index contributed by atoms with van der Waals surface area (Å²) in [5, 5.41) is 0.763.